The van der Waals surface area contributed by atoms with Crippen LogP contribution in [0.25, 0.3) is 0 Å². The lowest BCUT2D eigenvalue weighted by atomic mass is 10.0. The van der Waals surface area contributed by atoms with Crippen molar-refractivity contribution in [1.29, 1.82) is 0 Å². The molecule has 0 aliphatic carbocycles. The highest BCUT2D eigenvalue weighted by molar-refractivity contribution is 6.09. The molecule has 6 nitrogen and oxygen atoms in total. The number of hydrogen-bond acceptors (Lipinski definition) is 5. The van der Waals surface area contributed by atoms with Crippen molar-refractivity contribution in [2.24, 2.45) is 0 Å². The predicted octanol–water partition coefficient (Wildman–Crippen LogP) is 4.57. The van der Waals surface area contributed by atoms with Gasteiger partial charge in [0.25, 0.3) is 5.91 Å². The number of nitrogens with one attached hydrogen (secondary N) is 1. The van der Waals surface area contributed by atoms with Crippen LogP contribution in [0.4, 0.5) is 4.39 Å². The number of para-hydroxylation sites is 1. The fraction of sp³-hybridized carbons (Fsp3) is 0.192. The van der Waals surface area contributed by atoms with Crippen LogP contribution in [0.1, 0.15) is 46.0 Å². The first kappa shape index (κ1) is 23.7. The van der Waals surface area contributed by atoms with E-state index in [1.165, 1.54) is 36.4 Å². The molecule has 0 saturated heterocycles. The van der Waals surface area contributed by atoms with Crippen molar-refractivity contribution in [2.45, 2.75) is 19.8 Å². The molecule has 0 radical (unpaired) electrons. The zero-order valence-corrected chi connectivity index (χ0v) is 18.2. The van der Waals surface area contributed by atoms with Crippen LogP contribution in [0, 0.1) is 5.82 Å². The normalized spacial score (nSPS) is 10.4. The molecular weight excluding hydrogens is 425 g/mol. The summed E-state index contributed by atoms with van der Waals surface area (Å²) in [5.41, 5.74) is 1.21. The summed E-state index contributed by atoms with van der Waals surface area (Å²) >= 11 is 0. The van der Waals surface area contributed by atoms with Gasteiger partial charge in [-0.2, -0.15) is 0 Å². The highest BCUT2D eigenvalue weighted by atomic mass is 19.1. The van der Waals surface area contributed by atoms with Crippen molar-refractivity contribution in [2.75, 3.05) is 13.2 Å². The molecule has 0 atom stereocenters. The molecule has 0 aliphatic heterocycles. The molecular formula is C26H24FNO5. The first-order chi connectivity index (χ1) is 16.0. The highest BCUT2D eigenvalue weighted by Crippen LogP contribution is 2.18. The summed E-state index contributed by atoms with van der Waals surface area (Å²) in [6.45, 7) is 2.61. The molecule has 3 rings (SSSR count). The Morgan fingerprint density at radius 1 is 0.879 bits per heavy atom. The van der Waals surface area contributed by atoms with Crippen molar-refractivity contribution < 1.29 is 28.2 Å². The van der Waals surface area contributed by atoms with Crippen molar-refractivity contribution in [3.05, 3.63) is 95.3 Å². The number of carbonyl (C=O) groups is 3. The lowest BCUT2D eigenvalue weighted by Gasteiger charge is -2.10. The summed E-state index contributed by atoms with van der Waals surface area (Å²) in [4.78, 5) is 36.8. The zero-order valence-electron chi connectivity index (χ0n) is 18.2. The minimum Gasteiger partial charge on any atom is -0.493 e. The molecule has 0 fully saturated rings. The van der Waals surface area contributed by atoms with E-state index in [1.54, 1.807) is 36.4 Å². The van der Waals surface area contributed by atoms with Crippen LogP contribution in [0.5, 0.6) is 11.5 Å². The summed E-state index contributed by atoms with van der Waals surface area (Å²) in [6.07, 6.45) is 0.520. The van der Waals surface area contributed by atoms with Gasteiger partial charge in [-0.1, -0.05) is 12.1 Å². The van der Waals surface area contributed by atoms with Gasteiger partial charge in [-0.05, 0) is 74.0 Å². The number of amides is 1. The average molecular weight is 449 g/mol. The molecule has 3 aromatic rings. The lowest BCUT2D eigenvalue weighted by molar-refractivity contribution is -0.134. The summed E-state index contributed by atoms with van der Waals surface area (Å²) in [5, 5.41) is 2.77. The fourth-order valence-corrected chi connectivity index (χ4v) is 3.09. The maximum absolute atomic E-state index is 13.0. The molecule has 33 heavy (non-hydrogen) atoms. The first-order valence-electron chi connectivity index (χ1n) is 10.6. The van der Waals surface area contributed by atoms with E-state index < -0.39 is 11.8 Å². The second-order valence-electron chi connectivity index (χ2n) is 7.12. The number of esters is 1. The van der Waals surface area contributed by atoms with E-state index in [0.717, 1.165) is 0 Å². The standard InChI is InChI=1S/C26H24FNO5/c1-2-32-23-7-4-3-6-22(23)26(31)28-17-5-8-24(29)33-21-15-11-19(12-16-21)25(30)18-9-13-20(27)14-10-18/h3-4,6-7,9-16H,2,5,8,17H2,1H3,(H,28,31). The predicted molar refractivity (Wildman–Crippen MR) is 121 cm³/mol. The number of carbonyl (C=O) groups excluding carboxylic acids is 3. The minimum absolute atomic E-state index is 0.115. The molecule has 7 heteroatoms. The molecule has 0 unspecified atom stereocenters. The summed E-state index contributed by atoms with van der Waals surface area (Å²) < 4.78 is 23.7. The molecule has 0 bridgehead atoms. The number of ketones is 1. The van der Waals surface area contributed by atoms with Gasteiger partial charge in [0.05, 0.1) is 12.2 Å². The van der Waals surface area contributed by atoms with Crippen LogP contribution >= 0.6 is 0 Å². The van der Waals surface area contributed by atoms with E-state index in [1.807, 2.05) is 6.92 Å². The third kappa shape index (κ3) is 6.74. The first-order valence-corrected chi connectivity index (χ1v) is 10.6. The molecule has 0 saturated carbocycles. The van der Waals surface area contributed by atoms with E-state index in [-0.39, 0.29) is 18.1 Å². The Bertz CT molecular complexity index is 1110. The molecule has 0 aliphatic rings. The maximum Gasteiger partial charge on any atom is 0.311 e. The quantitative estimate of drug-likeness (QED) is 0.212. The smallest absolute Gasteiger partial charge is 0.311 e. The number of benzene rings is 3. The topological polar surface area (TPSA) is 81.7 Å². The van der Waals surface area contributed by atoms with Crippen LogP contribution in [-0.2, 0) is 4.79 Å². The molecule has 0 aromatic heterocycles. The van der Waals surface area contributed by atoms with E-state index >= 15 is 0 Å². The van der Waals surface area contributed by atoms with Gasteiger partial charge in [0.2, 0.25) is 0 Å². The second kappa shape index (κ2) is 11.6. The van der Waals surface area contributed by atoms with Crippen LogP contribution in [-0.4, -0.2) is 30.8 Å². The molecule has 1 amide bonds. The number of ether oxygens (including phenoxy) is 2. The Balaban J connectivity index is 1.44. The summed E-state index contributed by atoms with van der Waals surface area (Å²) in [6, 6.07) is 18.4. The van der Waals surface area contributed by atoms with Gasteiger partial charge in [0.15, 0.2) is 5.78 Å². The second-order valence-corrected chi connectivity index (χ2v) is 7.12. The Kier molecular flexibility index (Phi) is 8.30. The van der Waals surface area contributed by atoms with Crippen molar-refractivity contribution in [1.82, 2.24) is 5.32 Å². The third-order valence-corrected chi connectivity index (χ3v) is 4.73. The van der Waals surface area contributed by atoms with Crippen molar-refractivity contribution in [3.8, 4) is 11.5 Å². The zero-order chi connectivity index (χ0) is 23.6. The minimum atomic E-state index is -0.448. The maximum atomic E-state index is 13.0. The molecule has 170 valence electrons. The van der Waals surface area contributed by atoms with Crippen LogP contribution < -0.4 is 14.8 Å². The van der Waals surface area contributed by atoms with Crippen LogP contribution in [0.15, 0.2) is 72.8 Å². The molecule has 1 N–H and O–H groups in total. The van der Waals surface area contributed by atoms with Crippen LogP contribution in [0.2, 0.25) is 0 Å². The number of halogens is 1. The average Bonchev–Trinajstić information content (AvgIpc) is 2.83. The monoisotopic (exact) mass is 449 g/mol. The molecule has 0 spiro atoms. The van der Waals surface area contributed by atoms with Crippen molar-refractivity contribution in [3.63, 3.8) is 0 Å². The number of rotatable bonds is 10. The van der Waals surface area contributed by atoms with Gasteiger partial charge in [-0.3, -0.25) is 14.4 Å². The van der Waals surface area contributed by atoms with E-state index in [2.05, 4.69) is 5.32 Å². The molecule has 3 aromatic carbocycles. The van der Waals surface area contributed by atoms with Gasteiger partial charge in [0.1, 0.15) is 17.3 Å². The Morgan fingerprint density at radius 2 is 1.52 bits per heavy atom. The highest BCUT2D eigenvalue weighted by Gasteiger charge is 2.13. The fourth-order valence-electron chi connectivity index (χ4n) is 3.09. The Morgan fingerprint density at radius 3 is 2.18 bits per heavy atom. The Labute approximate surface area is 191 Å². The molecule has 0 heterocycles. The lowest BCUT2D eigenvalue weighted by Crippen LogP contribution is -2.25. The Hall–Kier alpha value is -4.00. The van der Waals surface area contributed by atoms with E-state index in [4.69, 9.17) is 9.47 Å². The van der Waals surface area contributed by atoms with E-state index in [9.17, 15) is 18.8 Å². The van der Waals surface area contributed by atoms with Gasteiger partial charge in [0, 0.05) is 24.1 Å². The van der Waals surface area contributed by atoms with Crippen molar-refractivity contribution >= 4 is 17.7 Å². The SMILES string of the molecule is CCOc1ccccc1C(=O)NCCCC(=O)Oc1ccc(C(=O)c2ccc(F)cc2)cc1. The van der Waals surface area contributed by atoms with Gasteiger partial charge < -0.3 is 14.8 Å². The largest absolute Gasteiger partial charge is 0.493 e. The third-order valence-electron chi connectivity index (χ3n) is 4.73. The van der Waals surface area contributed by atoms with Gasteiger partial charge in [-0.15, -0.1) is 0 Å². The van der Waals surface area contributed by atoms with Gasteiger partial charge in [-0.25, -0.2) is 4.39 Å². The number of hydrogen-bond donors (Lipinski definition) is 1. The van der Waals surface area contributed by atoms with Gasteiger partial charge >= 0.3 is 5.97 Å². The summed E-state index contributed by atoms with van der Waals surface area (Å²) in [5.74, 6) is -0.563. The summed E-state index contributed by atoms with van der Waals surface area (Å²) in [7, 11) is 0. The van der Waals surface area contributed by atoms with E-state index in [0.29, 0.717) is 47.8 Å². The van der Waals surface area contributed by atoms with Crippen LogP contribution in [0.3, 0.4) is 0 Å².